The van der Waals surface area contributed by atoms with E-state index in [1.807, 2.05) is 13.0 Å². The Morgan fingerprint density at radius 1 is 0.739 bits per heavy atom. The molecule has 0 saturated heterocycles. The average Bonchev–Trinajstić information content (AvgIpc) is 2.59. The maximum Gasteiger partial charge on any atom is 0.338 e. The fraction of sp³-hybridized carbons (Fsp3) is 0.588. The van der Waals surface area contributed by atoms with Crippen LogP contribution in [0.25, 0.3) is 0 Å². The summed E-state index contributed by atoms with van der Waals surface area (Å²) in [6.45, 7) is 6.45. The molecule has 130 valence electrons. The molecule has 0 bridgehead atoms. The highest BCUT2D eigenvalue weighted by Gasteiger charge is 2.04. The molecule has 0 spiro atoms. The predicted octanol–water partition coefficient (Wildman–Crippen LogP) is 1.93. The van der Waals surface area contributed by atoms with Gasteiger partial charge in [0.25, 0.3) is 0 Å². The Balaban J connectivity index is 1.82. The average molecular weight is 326 g/mol. The third-order valence-electron chi connectivity index (χ3n) is 2.79. The molecule has 23 heavy (non-hydrogen) atoms. The number of ether oxygens (including phenoxy) is 5. The van der Waals surface area contributed by atoms with Gasteiger partial charge in [-0.15, -0.1) is 0 Å². The summed E-state index contributed by atoms with van der Waals surface area (Å²) in [5.41, 5.74) is 0.542. The molecule has 0 fully saturated rings. The Labute approximate surface area is 137 Å². The van der Waals surface area contributed by atoms with Crippen molar-refractivity contribution in [2.45, 2.75) is 6.92 Å². The third-order valence-corrected chi connectivity index (χ3v) is 2.79. The zero-order valence-corrected chi connectivity index (χ0v) is 13.7. The van der Waals surface area contributed by atoms with E-state index in [1.165, 1.54) is 0 Å². The van der Waals surface area contributed by atoms with Crippen molar-refractivity contribution in [1.82, 2.24) is 0 Å². The number of hydrogen-bond donors (Lipinski definition) is 0. The first-order valence-electron chi connectivity index (χ1n) is 7.87. The summed E-state index contributed by atoms with van der Waals surface area (Å²) in [5.74, 6) is -0.338. The molecule has 0 atom stereocenters. The van der Waals surface area contributed by atoms with Gasteiger partial charge in [-0.1, -0.05) is 18.2 Å². The van der Waals surface area contributed by atoms with Gasteiger partial charge in [0, 0.05) is 6.61 Å². The Kier molecular flexibility index (Phi) is 12.0. The molecular formula is C17H26O6. The van der Waals surface area contributed by atoms with Gasteiger partial charge in [-0.25, -0.2) is 4.79 Å². The van der Waals surface area contributed by atoms with Crippen LogP contribution in [-0.2, 0) is 23.7 Å². The lowest BCUT2D eigenvalue weighted by Crippen LogP contribution is -2.14. The van der Waals surface area contributed by atoms with Crippen molar-refractivity contribution < 1.29 is 28.5 Å². The molecule has 1 aromatic carbocycles. The van der Waals surface area contributed by atoms with Crippen LogP contribution in [0.1, 0.15) is 17.3 Å². The molecule has 1 aromatic rings. The number of carbonyl (C=O) groups is 1. The van der Waals surface area contributed by atoms with Crippen molar-refractivity contribution in [2.24, 2.45) is 0 Å². The van der Waals surface area contributed by atoms with Gasteiger partial charge in [-0.05, 0) is 19.1 Å². The predicted molar refractivity (Wildman–Crippen MR) is 85.7 cm³/mol. The minimum absolute atomic E-state index is 0.230. The molecular weight excluding hydrogens is 300 g/mol. The first kappa shape index (κ1) is 19.6. The molecule has 0 saturated carbocycles. The molecule has 0 N–H and O–H groups in total. The molecule has 0 aliphatic carbocycles. The van der Waals surface area contributed by atoms with Crippen molar-refractivity contribution in [1.29, 1.82) is 0 Å². The van der Waals surface area contributed by atoms with Crippen molar-refractivity contribution in [3.05, 3.63) is 35.9 Å². The number of hydrogen-bond acceptors (Lipinski definition) is 6. The SMILES string of the molecule is CCOCCOCCOCCOCCOC(=O)c1ccccc1. The molecule has 0 aromatic heterocycles. The first-order chi connectivity index (χ1) is 11.3. The van der Waals surface area contributed by atoms with Crippen LogP contribution in [0.5, 0.6) is 0 Å². The van der Waals surface area contributed by atoms with Crippen LogP contribution in [0.3, 0.4) is 0 Å². The van der Waals surface area contributed by atoms with Crippen LogP contribution < -0.4 is 0 Å². The molecule has 0 aliphatic rings. The first-order valence-corrected chi connectivity index (χ1v) is 7.87. The molecule has 0 unspecified atom stereocenters. The maximum absolute atomic E-state index is 11.6. The lowest BCUT2D eigenvalue weighted by Gasteiger charge is -2.07. The summed E-state index contributed by atoms with van der Waals surface area (Å²) in [6, 6.07) is 8.88. The quantitative estimate of drug-likeness (QED) is 0.384. The van der Waals surface area contributed by atoms with E-state index in [1.54, 1.807) is 24.3 Å². The van der Waals surface area contributed by atoms with Crippen LogP contribution in [-0.4, -0.2) is 65.4 Å². The second kappa shape index (κ2) is 14.1. The van der Waals surface area contributed by atoms with Gasteiger partial charge in [-0.2, -0.15) is 0 Å². The zero-order valence-electron chi connectivity index (χ0n) is 13.7. The number of carbonyl (C=O) groups excluding carboxylic acids is 1. The highest BCUT2D eigenvalue weighted by Crippen LogP contribution is 2.00. The van der Waals surface area contributed by atoms with E-state index in [9.17, 15) is 4.79 Å². The summed E-state index contributed by atoms with van der Waals surface area (Å²) >= 11 is 0. The van der Waals surface area contributed by atoms with E-state index < -0.39 is 0 Å². The van der Waals surface area contributed by atoms with Crippen LogP contribution in [0.2, 0.25) is 0 Å². The van der Waals surface area contributed by atoms with Gasteiger partial charge in [0.2, 0.25) is 0 Å². The van der Waals surface area contributed by atoms with Gasteiger partial charge < -0.3 is 23.7 Å². The zero-order chi connectivity index (χ0) is 16.6. The standard InChI is InChI=1S/C17H26O6/c1-2-19-8-9-20-10-11-21-12-13-22-14-15-23-17(18)16-6-4-3-5-7-16/h3-7H,2,8-15H2,1H3. The molecule has 0 amide bonds. The number of esters is 1. The third kappa shape index (κ3) is 10.8. The number of benzene rings is 1. The normalized spacial score (nSPS) is 10.7. The fourth-order valence-corrected chi connectivity index (χ4v) is 1.65. The van der Waals surface area contributed by atoms with Crippen LogP contribution >= 0.6 is 0 Å². The van der Waals surface area contributed by atoms with Crippen molar-refractivity contribution in [3.63, 3.8) is 0 Å². The minimum atomic E-state index is -0.338. The van der Waals surface area contributed by atoms with E-state index >= 15 is 0 Å². The second-order valence-corrected chi connectivity index (χ2v) is 4.54. The second-order valence-electron chi connectivity index (χ2n) is 4.54. The minimum Gasteiger partial charge on any atom is -0.460 e. The lowest BCUT2D eigenvalue weighted by atomic mass is 10.2. The van der Waals surface area contributed by atoms with Crippen LogP contribution in [0, 0.1) is 0 Å². The molecule has 0 radical (unpaired) electrons. The Morgan fingerprint density at radius 3 is 1.74 bits per heavy atom. The number of rotatable bonds is 14. The van der Waals surface area contributed by atoms with Crippen molar-refractivity contribution in [2.75, 3.05) is 59.5 Å². The Bertz CT molecular complexity index is 395. The molecule has 1 rings (SSSR count). The van der Waals surface area contributed by atoms with Crippen molar-refractivity contribution >= 4 is 5.97 Å². The maximum atomic E-state index is 11.6. The van der Waals surface area contributed by atoms with Crippen LogP contribution in [0.15, 0.2) is 30.3 Å². The summed E-state index contributed by atoms with van der Waals surface area (Å²) in [7, 11) is 0. The van der Waals surface area contributed by atoms with E-state index in [4.69, 9.17) is 23.7 Å². The van der Waals surface area contributed by atoms with Crippen LogP contribution in [0.4, 0.5) is 0 Å². The summed E-state index contributed by atoms with van der Waals surface area (Å²) in [4.78, 5) is 11.6. The van der Waals surface area contributed by atoms with Gasteiger partial charge in [0.1, 0.15) is 6.61 Å². The van der Waals surface area contributed by atoms with Gasteiger partial charge in [0.05, 0.1) is 51.8 Å². The van der Waals surface area contributed by atoms with Gasteiger partial charge in [0.15, 0.2) is 0 Å². The van der Waals surface area contributed by atoms with E-state index in [0.29, 0.717) is 58.4 Å². The Hall–Kier alpha value is -1.47. The summed E-state index contributed by atoms with van der Waals surface area (Å²) < 4.78 is 26.2. The molecule has 6 nitrogen and oxygen atoms in total. The van der Waals surface area contributed by atoms with Gasteiger partial charge in [-0.3, -0.25) is 0 Å². The molecule has 0 heterocycles. The monoisotopic (exact) mass is 326 g/mol. The van der Waals surface area contributed by atoms with Crippen molar-refractivity contribution in [3.8, 4) is 0 Å². The van der Waals surface area contributed by atoms with Gasteiger partial charge >= 0.3 is 5.97 Å². The molecule has 0 aliphatic heterocycles. The van der Waals surface area contributed by atoms with E-state index in [-0.39, 0.29) is 12.6 Å². The highest BCUT2D eigenvalue weighted by molar-refractivity contribution is 5.89. The highest BCUT2D eigenvalue weighted by atomic mass is 16.6. The largest absolute Gasteiger partial charge is 0.460 e. The summed E-state index contributed by atoms with van der Waals surface area (Å²) in [6.07, 6.45) is 0. The summed E-state index contributed by atoms with van der Waals surface area (Å²) in [5, 5.41) is 0. The van der Waals surface area contributed by atoms with E-state index in [2.05, 4.69) is 0 Å². The molecule has 6 heteroatoms. The Morgan fingerprint density at radius 2 is 1.22 bits per heavy atom. The topological polar surface area (TPSA) is 63.2 Å². The fourth-order valence-electron chi connectivity index (χ4n) is 1.65. The smallest absolute Gasteiger partial charge is 0.338 e. The van der Waals surface area contributed by atoms with E-state index in [0.717, 1.165) is 0 Å². The lowest BCUT2D eigenvalue weighted by molar-refractivity contribution is -0.00806.